The molecule has 1 saturated heterocycles. The summed E-state index contributed by atoms with van der Waals surface area (Å²) in [6, 6.07) is 8.08. The molecule has 22 heavy (non-hydrogen) atoms. The van der Waals surface area contributed by atoms with E-state index < -0.39 is 0 Å². The Kier molecular flexibility index (Phi) is 4.12. The standard InChI is InChI=1S/C18H23N3O/c1-12-7-8-21(14(9-12)10-19)18(22)16-11-20-17-6-4-3-5-15(17)13(16)2/h3-6,11-12,14H,7-10,19H2,1-2H3. The van der Waals surface area contributed by atoms with Gasteiger partial charge in [-0.1, -0.05) is 25.1 Å². The first-order chi connectivity index (χ1) is 10.6. The van der Waals surface area contributed by atoms with Crippen LogP contribution in [0.15, 0.2) is 30.5 Å². The number of nitrogens with two attached hydrogens (primary N) is 1. The quantitative estimate of drug-likeness (QED) is 0.927. The second-order valence-electron chi connectivity index (χ2n) is 6.33. The lowest BCUT2D eigenvalue weighted by atomic mass is 9.91. The molecular formula is C18H23N3O. The van der Waals surface area contributed by atoms with Gasteiger partial charge < -0.3 is 10.6 Å². The Morgan fingerprint density at radius 3 is 2.95 bits per heavy atom. The highest BCUT2D eigenvalue weighted by Crippen LogP contribution is 2.26. The first kappa shape index (κ1) is 15.0. The minimum atomic E-state index is 0.0677. The molecule has 0 aliphatic carbocycles. The maximum Gasteiger partial charge on any atom is 0.256 e. The van der Waals surface area contributed by atoms with Gasteiger partial charge in [-0.15, -0.1) is 0 Å². The van der Waals surface area contributed by atoms with E-state index in [0.29, 0.717) is 18.0 Å². The lowest BCUT2D eigenvalue weighted by Gasteiger charge is -2.38. The van der Waals surface area contributed by atoms with Gasteiger partial charge in [0.25, 0.3) is 5.91 Å². The Balaban J connectivity index is 1.96. The molecule has 0 saturated carbocycles. The molecule has 0 spiro atoms. The Morgan fingerprint density at radius 1 is 1.41 bits per heavy atom. The number of carbonyl (C=O) groups excluding carboxylic acids is 1. The number of fused-ring (bicyclic) bond motifs is 1. The van der Waals surface area contributed by atoms with Crippen LogP contribution in [-0.4, -0.2) is 34.9 Å². The van der Waals surface area contributed by atoms with E-state index in [1.807, 2.05) is 36.1 Å². The molecule has 116 valence electrons. The molecule has 2 unspecified atom stereocenters. The van der Waals surface area contributed by atoms with Crippen LogP contribution in [0, 0.1) is 12.8 Å². The van der Waals surface area contributed by atoms with E-state index in [9.17, 15) is 4.79 Å². The summed E-state index contributed by atoms with van der Waals surface area (Å²) < 4.78 is 0. The van der Waals surface area contributed by atoms with E-state index in [-0.39, 0.29) is 11.9 Å². The molecule has 1 fully saturated rings. The van der Waals surface area contributed by atoms with Crippen LogP contribution in [0.4, 0.5) is 0 Å². The molecule has 1 aromatic heterocycles. The number of pyridine rings is 1. The molecule has 1 aromatic carbocycles. The van der Waals surface area contributed by atoms with Crippen molar-refractivity contribution in [1.82, 2.24) is 9.88 Å². The van der Waals surface area contributed by atoms with Crippen LogP contribution in [0.25, 0.3) is 10.9 Å². The third kappa shape index (κ3) is 2.59. The fraction of sp³-hybridized carbons (Fsp3) is 0.444. The normalized spacial score (nSPS) is 22.0. The van der Waals surface area contributed by atoms with E-state index in [0.717, 1.165) is 35.9 Å². The van der Waals surface area contributed by atoms with Gasteiger partial charge in [0.15, 0.2) is 0 Å². The summed E-state index contributed by atoms with van der Waals surface area (Å²) in [5.74, 6) is 0.700. The molecule has 0 radical (unpaired) electrons. The van der Waals surface area contributed by atoms with Gasteiger partial charge in [-0.25, -0.2) is 0 Å². The predicted octanol–water partition coefficient (Wildman–Crippen LogP) is 2.74. The number of likely N-dealkylation sites (tertiary alicyclic amines) is 1. The molecule has 4 nitrogen and oxygen atoms in total. The zero-order chi connectivity index (χ0) is 15.7. The molecule has 3 rings (SSSR count). The van der Waals surface area contributed by atoms with Crippen LogP contribution in [-0.2, 0) is 0 Å². The summed E-state index contributed by atoms with van der Waals surface area (Å²) in [6.45, 7) is 5.54. The summed E-state index contributed by atoms with van der Waals surface area (Å²) in [7, 11) is 0. The van der Waals surface area contributed by atoms with Crippen molar-refractivity contribution in [3.05, 3.63) is 41.6 Å². The van der Waals surface area contributed by atoms with Crippen molar-refractivity contribution in [3.63, 3.8) is 0 Å². The smallest absolute Gasteiger partial charge is 0.256 e. The van der Waals surface area contributed by atoms with Crippen LogP contribution in [0.2, 0.25) is 0 Å². The monoisotopic (exact) mass is 297 g/mol. The Hall–Kier alpha value is -1.94. The number of para-hydroxylation sites is 1. The van der Waals surface area contributed by atoms with Gasteiger partial charge >= 0.3 is 0 Å². The first-order valence-electron chi connectivity index (χ1n) is 7.97. The van der Waals surface area contributed by atoms with Gasteiger partial charge in [0.2, 0.25) is 0 Å². The summed E-state index contributed by atoms with van der Waals surface area (Å²) in [5.41, 5.74) is 8.53. The Morgan fingerprint density at radius 2 is 2.18 bits per heavy atom. The van der Waals surface area contributed by atoms with Crippen LogP contribution in [0.3, 0.4) is 0 Å². The average molecular weight is 297 g/mol. The lowest BCUT2D eigenvalue weighted by Crippen LogP contribution is -2.49. The number of benzene rings is 1. The predicted molar refractivity (Wildman–Crippen MR) is 88.8 cm³/mol. The number of piperidine rings is 1. The van der Waals surface area contributed by atoms with E-state index in [4.69, 9.17) is 5.73 Å². The molecule has 2 aromatic rings. The van der Waals surface area contributed by atoms with Gasteiger partial charge in [0.1, 0.15) is 0 Å². The SMILES string of the molecule is Cc1c(C(=O)N2CCC(C)CC2CN)cnc2ccccc12. The Labute approximate surface area is 131 Å². The number of amides is 1. The fourth-order valence-electron chi connectivity index (χ4n) is 3.39. The molecule has 1 aliphatic rings. The highest BCUT2D eigenvalue weighted by Gasteiger charge is 2.30. The van der Waals surface area contributed by atoms with Crippen molar-refractivity contribution in [2.75, 3.05) is 13.1 Å². The van der Waals surface area contributed by atoms with Gasteiger partial charge in [0.05, 0.1) is 11.1 Å². The zero-order valence-electron chi connectivity index (χ0n) is 13.2. The first-order valence-corrected chi connectivity index (χ1v) is 7.97. The number of hydrogen-bond acceptors (Lipinski definition) is 3. The highest BCUT2D eigenvalue weighted by atomic mass is 16.2. The number of nitrogens with zero attached hydrogens (tertiary/aromatic N) is 2. The van der Waals surface area contributed by atoms with Crippen molar-refractivity contribution in [2.45, 2.75) is 32.7 Å². The van der Waals surface area contributed by atoms with Crippen LogP contribution in [0.1, 0.15) is 35.7 Å². The summed E-state index contributed by atoms with van der Waals surface area (Å²) in [5, 5.41) is 1.04. The molecule has 2 heterocycles. The van der Waals surface area contributed by atoms with Gasteiger partial charge in [0, 0.05) is 30.7 Å². The van der Waals surface area contributed by atoms with E-state index in [1.54, 1.807) is 6.20 Å². The van der Waals surface area contributed by atoms with Crippen LogP contribution < -0.4 is 5.73 Å². The van der Waals surface area contributed by atoms with Gasteiger partial charge in [-0.05, 0) is 37.3 Å². The fourth-order valence-corrected chi connectivity index (χ4v) is 3.39. The summed E-state index contributed by atoms with van der Waals surface area (Å²) >= 11 is 0. The van der Waals surface area contributed by atoms with Crippen molar-refractivity contribution >= 4 is 16.8 Å². The molecular weight excluding hydrogens is 274 g/mol. The zero-order valence-corrected chi connectivity index (χ0v) is 13.2. The largest absolute Gasteiger partial charge is 0.334 e. The second kappa shape index (κ2) is 6.05. The minimum absolute atomic E-state index is 0.0677. The number of aryl methyl sites for hydroxylation is 1. The molecule has 1 aliphatic heterocycles. The van der Waals surface area contributed by atoms with Gasteiger partial charge in [-0.3, -0.25) is 9.78 Å². The number of hydrogen-bond donors (Lipinski definition) is 1. The molecule has 2 atom stereocenters. The van der Waals surface area contributed by atoms with Crippen LogP contribution in [0.5, 0.6) is 0 Å². The highest BCUT2D eigenvalue weighted by molar-refractivity contribution is 6.00. The third-order valence-corrected chi connectivity index (χ3v) is 4.79. The van der Waals surface area contributed by atoms with Crippen molar-refractivity contribution < 1.29 is 4.79 Å². The lowest BCUT2D eigenvalue weighted by molar-refractivity contribution is 0.0572. The molecule has 2 N–H and O–H groups in total. The molecule has 0 bridgehead atoms. The molecule has 4 heteroatoms. The third-order valence-electron chi connectivity index (χ3n) is 4.79. The average Bonchev–Trinajstić information content (AvgIpc) is 2.54. The second-order valence-corrected chi connectivity index (χ2v) is 6.33. The topological polar surface area (TPSA) is 59.2 Å². The summed E-state index contributed by atoms with van der Waals surface area (Å²) in [6.07, 6.45) is 3.75. The summed E-state index contributed by atoms with van der Waals surface area (Å²) in [4.78, 5) is 19.4. The number of rotatable bonds is 2. The van der Waals surface area contributed by atoms with Crippen molar-refractivity contribution in [3.8, 4) is 0 Å². The van der Waals surface area contributed by atoms with E-state index in [1.165, 1.54) is 0 Å². The maximum absolute atomic E-state index is 13.0. The van der Waals surface area contributed by atoms with E-state index >= 15 is 0 Å². The van der Waals surface area contributed by atoms with E-state index in [2.05, 4.69) is 11.9 Å². The number of aromatic nitrogens is 1. The van der Waals surface area contributed by atoms with Gasteiger partial charge in [-0.2, -0.15) is 0 Å². The minimum Gasteiger partial charge on any atom is -0.334 e. The maximum atomic E-state index is 13.0. The van der Waals surface area contributed by atoms with Crippen molar-refractivity contribution in [2.24, 2.45) is 11.7 Å². The van der Waals surface area contributed by atoms with Crippen LogP contribution >= 0.6 is 0 Å². The number of carbonyl (C=O) groups is 1. The van der Waals surface area contributed by atoms with Crippen molar-refractivity contribution in [1.29, 1.82) is 0 Å². The molecule has 1 amide bonds. The Bertz CT molecular complexity index is 698.